The molecule has 0 saturated heterocycles. The average molecular weight is 377 g/mol. The summed E-state index contributed by atoms with van der Waals surface area (Å²) in [6, 6.07) is 17.3. The average Bonchev–Trinajstić information content (AvgIpc) is 3.19. The van der Waals surface area contributed by atoms with Gasteiger partial charge in [0.15, 0.2) is 5.16 Å². The van der Waals surface area contributed by atoms with E-state index in [0.29, 0.717) is 28.7 Å². The zero-order chi connectivity index (χ0) is 18.6. The molecule has 0 spiro atoms. The monoisotopic (exact) mass is 377 g/mol. The van der Waals surface area contributed by atoms with Crippen molar-refractivity contribution in [1.82, 2.24) is 14.5 Å². The number of aromatic nitrogens is 3. The molecular formula is C21H19N3O2S. The van der Waals surface area contributed by atoms with Gasteiger partial charge in [-0.2, -0.15) is 0 Å². The second-order valence-corrected chi connectivity index (χ2v) is 7.11. The van der Waals surface area contributed by atoms with Crippen LogP contribution < -0.4 is 5.56 Å². The van der Waals surface area contributed by atoms with Gasteiger partial charge in [0.05, 0.1) is 16.6 Å². The van der Waals surface area contributed by atoms with E-state index in [0.717, 1.165) is 23.2 Å². The maximum absolute atomic E-state index is 12.8. The lowest BCUT2D eigenvalue weighted by atomic mass is 10.2. The molecule has 2 aromatic heterocycles. The number of fused-ring (bicyclic) bond motifs is 1. The molecule has 0 aliphatic carbocycles. The molecule has 0 saturated carbocycles. The van der Waals surface area contributed by atoms with Crippen molar-refractivity contribution in [3.05, 3.63) is 76.9 Å². The minimum atomic E-state index is 0.00933. The first kappa shape index (κ1) is 17.5. The van der Waals surface area contributed by atoms with Crippen LogP contribution in [0.5, 0.6) is 0 Å². The molecule has 0 amide bonds. The minimum Gasteiger partial charge on any atom is -0.444 e. The van der Waals surface area contributed by atoms with E-state index < -0.39 is 0 Å². The van der Waals surface area contributed by atoms with Gasteiger partial charge in [0.1, 0.15) is 6.26 Å². The quantitative estimate of drug-likeness (QED) is 0.358. The maximum atomic E-state index is 12.8. The molecule has 4 rings (SSSR count). The Hall–Kier alpha value is -2.86. The van der Waals surface area contributed by atoms with Crippen molar-refractivity contribution >= 4 is 22.7 Å². The predicted molar refractivity (Wildman–Crippen MR) is 108 cm³/mol. The van der Waals surface area contributed by atoms with Gasteiger partial charge in [-0.3, -0.25) is 9.36 Å². The van der Waals surface area contributed by atoms with Crippen LogP contribution in [-0.2, 0) is 12.3 Å². The predicted octanol–water partition coefficient (Wildman–Crippen LogP) is 4.75. The van der Waals surface area contributed by atoms with Gasteiger partial charge in [0, 0.05) is 17.9 Å². The van der Waals surface area contributed by atoms with E-state index in [4.69, 9.17) is 9.40 Å². The SMILES string of the molecule is CCCn1c(SCc2coc(-c3ccccc3)n2)nc2ccccc2c1=O. The van der Waals surface area contributed by atoms with E-state index in [9.17, 15) is 4.79 Å². The van der Waals surface area contributed by atoms with Gasteiger partial charge in [-0.05, 0) is 30.7 Å². The van der Waals surface area contributed by atoms with Gasteiger partial charge in [-0.1, -0.05) is 49.0 Å². The van der Waals surface area contributed by atoms with Crippen LogP contribution >= 0.6 is 11.8 Å². The fraction of sp³-hybridized carbons (Fsp3) is 0.190. The first-order valence-electron chi connectivity index (χ1n) is 8.88. The van der Waals surface area contributed by atoms with Crippen LogP contribution in [0.15, 0.2) is 75.2 Å². The molecule has 27 heavy (non-hydrogen) atoms. The molecule has 0 bridgehead atoms. The van der Waals surface area contributed by atoms with Crippen LogP contribution in [0.3, 0.4) is 0 Å². The van der Waals surface area contributed by atoms with Crippen LogP contribution in [0, 0.1) is 0 Å². The van der Waals surface area contributed by atoms with Crippen molar-refractivity contribution in [1.29, 1.82) is 0 Å². The number of hydrogen-bond acceptors (Lipinski definition) is 5. The molecular weight excluding hydrogens is 358 g/mol. The molecule has 0 aliphatic heterocycles. The van der Waals surface area contributed by atoms with Crippen molar-refractivity contribution in [3.63, 3.8) is 0 Å². The Morgan fingerprint density at radius 1 is 1.04 bits per heavy atom. The van der Waals surface area contributed by atoms with Crippen LogP contribution in [0.4, 0.5) is 0 Å². The van der Waals surface area contributed by atoms with Crippen LogP contribution in [-0.4, -0.2) is 14.5 Å². The van der Waals surface area contributed by atoms with Crippen molar-refractivity contribution in [2.75, 3.05) is 0 Å². The Morgan fingerprint density at radius 2 is 1.81 bits per heavy atom. The van der Waals surface area contributed by atoms with Gasteiger partial charge in [0.2, 0.25) is 5.89 Å². The Labute approximate surface area is 161 Å². The van der Waals surface area contributed by atoms with Gasteiger partial charge in [0.25, 0.3) is 5.56 Å². The van der Waals surface area contributed by atoms with E-state index in [2.05, 4.69) is 11.9 Å². The van der Waals surface area contributed by atoms with E-state index in [1.807, 2.05) is 54.6 Å². The highest BCUT2D eigenvalue weighted by atomic mass is 32.2. The number of thioether (sulfide) groups is 1. The van der Waals surface area contributed by atoms with Gasteiger partial charge < -0.3 is 4.42 Å². The Morgan fingerprint density at radius 3 is 2.63 bits per heavy atom. The largest absolute Gasteiger partial charge is 0.444 e. The summed E-state index contributed by atoms with van der Waals surface area (Å²) in [5, 5.41) is 1.37. The molecule has 0 atom stereocenters. The summed E-state index contributed by atoms with van der Waals surface area (Å²) < 4.78 is 7.35. The maximum Gasteiger partial charge on any atom is 0.262 e. The van der Waals surface area contributed by atoms with E-state index >= 15 is 0 Å². The highest BCUT2D eigenvalue weighted by Gasteiger charge is 2.13. The molecule has 4 aromatic rings. The topological polar surface area (TPSA) is 60.9 Å². The molecule has 2 heterocycles. The third kappa shape index (κ3) is 3.66. The van der Waals surface area contributed by atoms with Crippen LogP contribution in [0.25, 0.3) is 22.4 Å². The Kier molecular flexibility index (Phi) is 5.07. The van der Waals surface area contributed by atoms with Crippen LogP contribution in [0.2, 0.25) is 0 Å². The van der Waals surface area contributed by atoms with Crippen molar-refractivity contribution < 1.29 is 4.42 Å². The number of oxazole rings is 1. The number of hydrogen-bond donors (Lipinski definition) is 0. The lowest BCUT2D eigenvalue weighted by Gasteiger charge is -2.11. The smallest absolute Gasteiger partial charge is 0.262 e. The molecule has 0 aliphatic rings. The van der Waals surface area contributed by atoms with Gasteiger partial charge >= 0.3 is 0 Å². The molecule has 136 valence electrons. The van der Waals surface area contributed by atoms with E-state index in [-0.39, 0.29) is 5.56 Å². The molecule has 0 radical (unpaired) electrons. The zero-order valence-corrected chi connectivity index (χ0v) is 15.8. The highest BCUT2D eigenvalue weighted by Crippen LogP contribution is 2.24. The molecule has 0 unspecified atom stereocenters. The fourth-order valence-electron chi connectivity index (χ4n) is 2.90. The lowest BCUT2D eigenvalue weighted by molar-refractivity contribution is 0.573. The summed E-state index contributed by atoms with van der Waals surface area (Å²) in [7, 11) is 0. The van der Waals surface area contributed by atoms with E-state index in [1.54, 1.807) is 10.8 Å². The second kappa shape index (κ2) is 7.80. The third-order valence-corrected chi connectivity index (χ3v) is 5.21. The molecule has 2 aromatic carbocycles. The first-order valence-corrected chi connectivity index (χ1v) is 9.87. The highest BCUT2D eigenvalue weighted by molar-refractivity contribution is 7.98. The third-order valence-electron chi connectivity index (χ3n) is 4.20. The Bertz CT molecular complexity index is 1120. The standard InChI is InChI=1S/C21H19N3O2S/c1-2-12-24-20(25)17-10-6-7-11-18(17)23-21(24)27-14-16-13-26-19(22-16)15-8-4-3-5-9-15/h3-11,13H,2,12,14H2,1H3. The molecule has 5 nitrogen and oxygen atoms in total. The van der Waals surface area contributed by atoms with Gasteiger partial charge in [-0.25, -0.2) is 9.97 Å². The minimum absolute atomic E-state index is 0.00933. The summed E-state index contributed by atoms with van der Waals surface area (Å²) in [5.74, 6) is 1.19. The van der Waals surface area contributed by atoms with Crippen molar-refractivity contribution in [2.24, 2.45) is 0 Å². The van der Waals surface area contributed by atoms with Crippen LogP contribution in [0.1, 0.15) is 19.0 Å². The Balaban J connectivity index is 1.61. The number of benzene rings is 2. The molecule has 0 fully saturated rings. The lowest BCUT2D eigenvalue weighted by Crippen LogP contribution is -2.23. The second-order valence-electron chi connectivity index (χ2n) is 6.17. The number of nitrogens with zero attached hydrogens (tertiary/aromatic N) is 3. The van der Waals surface area contributed by atoms with Crippen molar-refractivity contribution in [3.8, 4) is 11.5 Å². The van der Waals surface area contributed by atoms with E-state index in [1.165, 1.54) is 11.8 Å². The van der Waals surface area contributed by atoms with Gasteiger partial charge in [-0.15, -0.1) is 0 Å². The molecule has 6 heteroatoms. The summed E-state index contributed by atoms with van der Waals surface area (Å²) in [5.41, 5.74) is 2.50. The normalized spacial score (nSPS) is 11.1. The summed E-state index contributed by atoms with van der Waals surface area (Å²) in [4.78, 5) is 22.1. The zero-order valence-electron chi connectivity index (χ0n) is 15.0. The number of para-hydroxylation sites is 1. The summed E-state index contributed by atoms with van der Waals surface area (Å²) in [6.45, 7) is 2.70. The summed E-state index contributed by atoms with van der Waals surface area (Å²) >= 11 is 1.51. The first-order chi connectivity index (χ1) is 13.3. The molecule has 0 N–H and O–H groups in total. The summed E-state index contributed by atoms with van der Waals surface area (Å²) in [6.07, 6.45) is 2.54. The number of rotatable bonds is 6. The van der Waals surface area contributed by atoms with Crippen molar-refractivity contribution in [2.45, 2.75) is 30.8 Å². The fourth-order valence-corrected chi connectivity index (χ4v) is 3.81.